The summed E-state index contributed by atoms with van der Waals surface area (Å²) in [5, 5.41) is 0. The van der Waals surface area contributed by atoms with Gasteiger partial charge in [-0.05, 0) is 60.4 Å². The third-order valence-corrected chi connectivity index (χ3v) is 5.88. The number of aryl methyl sites for hydroxylation is 1. The number of rotatable bonds is 7. The highest BCUT2D eigenvalue weighted by atomic mass is 19.3. The SMILES string of the molecule is CCCc1ccc(OC(F)(F)c2ccc3c(c2F)C(F)(F)C(F)(F)c2c-3ccc(OCC)c2F)cc1. The highest BCUT2D eigenvalue weighted by molar-refractivity contribution is 5.77. The van der Waals surface area contributed by atoms with Crippen molar-refractivity contribution in [1.82, 2.24) is 0 Å². The molecule has 1 aliphatic carbocycles. The maximum Gasteiger partial charge on any atom is 0.429 e. The fraction of sp³-hybridized carbons (Fsp3) is 0.308. The van der Waals surface area contributed by atoms with E-state index in [0.717, 1.165) is 24.1 Å². The Kier molecular flexibility index (Phi) is 6.43. The van der Waals surface area contributed by atoms with Gasteiger partial charge in [-0.3, -0.25) is 0 Å². The molecule has 0 radical (unpaired) electrons. The van der Waals surface area contributed by atoms with Gasteiger partial charge < -0.3 is 9.47 Å². The topological polar surface area (TPSA) is 18.5 Å². The van der Waals surface area contributed by atoms with E-state index in [9.17, 15) is 22.0 Å². The second kappa shape index (κ2) is 8.97. The Morgan fingerprint density at radius 3 is 1.86 bits per heavy atom. The quantitative estimate of drug-likeness (QED) is 0.294. The summed E-state index contributed by atoms with van der Waals surface area (Å²) in [4.78, 5) is 0. The van der Waals surface area contributed by atoms with Crippen LogP contribution < -0.4 is 9.47 Å². The van der Waals surface area contributed by atoms with Gasteiger partial charge in [-0.25, -0.2) is 8.78 Å². The smallest absolute Gasteiger partial charge is 0.429 e. The summed E-state index contributed by atoms with van der Waals surface area (Å²) in [5.74, 6) is -15.7. The van der Waals surface area contributed by atoms with Crippen LogP contribution in [0.15, 0.2) is 48.5 Å². The first kappa shape index (κ1) is 25.8. The summed E-state index contributed by atoms with van der Waals surface area (Å²) in [6.45, 7) is 3.21. The summed E-state index contributed by atoms with van der Waals surface area (Å²) in [7, 11) is 0. The van der Waals surface area contributed by atoms with Crippen LogP contribution in [0.3, 0.4) is 0 Å². The second-order valence-corrected chi connectivity index (χ2v) is 8.24. The zero-order chi connectivity index (χ0) is 26.5. The van der Waals surface area contributed by atoms with Crippen molar-refractivity contribution in [3.8, 4) is 22.6 Å². The lowest BCUT2D eigenvalue weighted by Gasteiger charge is -2.36. The van der Waals surface area contributed by atoms with Crippen LogP contribution in [-0.4, -0.2) is 6.61 Å². The van der Waals surface area contributed by atoms with Crippen LogP contribution in [0.1, 0.15) is 42.5 Å². The molecule has 0 spiro atoms. The molecule has 36 heavy (non-hydrogen) atoms. The van der Waals surface area contributed by atoms with Crippen molar-refractivity contribution in [2.24, 2.45) is 0 Å². The van der Waals surface area contributed by atoms with Gasteiger partial charge in [0.05, 0.1) is 17.7 Å². The van der Waals surface area contributed by atoms with Gasteiger partial charge in [-0.15, -0.1) is 0 Å². The standard InChI is InChI=1S/C26H20F8O2/c1-3-5-14-6-8-15(9-7-14)36-26(33,34)18-12-10-16-17-11-13-19(35-4-2)23(28)21(17)25(31,32)24(29,30)20(16)22(18)27/h6-13H,3-5H2,1-2H3. The molecule has 1 aliphatic rings. The van der Waals surface area contributed by atoms with Gasteiger partial charge in [-0.1, -0.05) is 31.5 Å². The summed E-state index contributed by atoms with van der Waals surface area (Å²) in [6, 6.07) is 8.28. The van der Waals surface area contributed by atoms with E-state index in [-0.39, 0.29) is 12.4 Å². The van der Waals surface area contributed by atoms with E-state index in [0.29, 0.717) is 18.6 Å². The molecular weight excluding hydrogens is 496 g/mol. The number of hydrogen-bond donors (Lipinski definition) is 0. The van der Waals surface area contributed by atoms with Crippen LogP contribution in [0, 0.1) is 11.6 Å². The van der Waals surface area contributed by atoms with Crippen LogP contribution in [-0.2, 0) is 24.4 Å². The van der Waals surface area contributed by atoms with Crippen LogP contribution in [0.25, 0.3) is 11.1 Å². The van der Waals surface area contributed by atoms with Crippen LogP contribution in [0.5, 0.6) is 11.5 Å². The highest BCUT2D eigenvalue weighted by Crippen LogP contribution is 2.60. The lowest BCUT2D eigenvalue weighted by atomic mass is 9.79. The molecule has 0 amide bonds. The van der Waals surface area contributed by atoms with Crippen molar-refractivity contribution in [3.05, 3.63) is 82.4 Å². The van der Waals surface area contributed by atoms with Crippen molar-refractivity contribution in [3.63, 3.8) is 0 Å². The number of halogens is 8. The largest absolute Gasteiger partial charge is 0.491 e. The normalized spacial score (nSPS) is 15.7. The van der Waals surface area contributed by atoms with E-state index in [1.807, 2.05) is 6.92 Å². The molecule has 0 bridgehead atoms. The maximum absolute atomic E-state index is 15.3. The average molecular weight is 516 g/mol. The van der Waals surface area contributed by atoms with E-state index in [1.165, 1.54) is 31.2 Å². The predicted octanol–water partition coefficient (Wildman–Crippen LogP) is 8.31. The Hall–Kier alpha value is -3.30. The van der Waals surface area contributed by atoms with E-state index < -0.39 is 63.2 Å². The number of hydrogen-bond acceptors (Lipinski definition) is 2. The third-order valence-electron chi connectivity index (χ3n) is 5.88. The Morgan fingerprint density at radius 2 is 1.31 bits per heavy atom. The average Bonchev–Trinajstić information content (AvgIpc) is 2.80. The second-order valence-electron chi connectivity index (χ2n) is 8.24. The van der Waals surface area contributed by atoms with Crippen LogP contribution in [0.2, 0.25) is 0 Å². The predicted molar refractivity (Wildman–Crippen MR) is 116 cm³/mol. The summed E-state index contributed by atoms with van der Waals surface area (Å²) in [5.41, 5.74) is -6.11. The first-order valence-electron chi connectivity index (χ1n) is 11.1. The fourth-order valence-corrected chi connectivity index (χ4v) is 4.22. The summed E-state index contributed by atoms with van der Waals surface area (Å²) >= 11 is 0. The zero-order valence-corrected chi connectivity index (χ0v) is 19.1. The Labute approximate surface area is 201 Å². The minimum atomic E-state index is -5.36. The van der Waals surface area contributed by atoms with Crippen LogP contribution >= 0.6 is 0 Å². The van der Waals surface area contributed by atoms with Gasteiger partial charge in [0.25, 0.3) is 0 Å². The molecule has 4 rings (SSSR count). The molecular formula is C26H20F8O2. The molecule has 192 valence electrons. The number of benzene rings is 3. The minimum absolute atomic E-state index is 0.136. The molecule has 10 heteroatoms. The summed E-state index contributed by atoms with van der Waals surface area (Å²) in [6.07, 6.45) is -3.01. The zero-order valence-electron chi connectivity index (χ0n) is 19.1. The van der Waals surface area contributed by atoms with Crippen molar-refractivity contribution < 1.29 is 44.6 Å². The molecule has 0 atom stereocenters. The lowest BCUT2D eigenvalue weighted by Crippen LogP contribution is -2.41. The number of fused-ring (bicyclic) bond motifs is 3. The molecule has 0 saturated heterocycles. The van der Waals surface area contributed by atoms with E-state index >= 15 is 13.2 Å². The Morgan fingerprint density at radius 1 is 0.750 bits per heavy atom. The van der Waals surface area contributed by atoms with Gasteiger partial charge in [0.15, 0.2) is 11.6 Å². The first-order chi connectivity index (χ1) is 16.9. The van der Waals surface area contributed by atoms with Gasteiger partial charge in [0, 0.05) is 0 Å². The molecule has 0 N–H and O–H groups in total. The molecule has 0 unspecified atom stereocenters. The Balaban J connectivity index is 1.84. The van der Waals surface area contributed by atoms with Gasteiger partial charge in [-0.2, -0.15) is 26.3 Å². The molecule has 0 aliphatic heterocycles. The maximum atomic E-state index is 15.3. The van der Waals surface area contributed by atoms with Gasteiger partial charge in [0.1, 0.15) is 17.1 Å². The number of alkyl halides is 6. The number of ether oxygens (including phenoxy) is 2. The molecule has 3 aromatic rings. The molecule has 0 saturated carbocycles. The third kappa shape index (κ3) is 3.96. The lowest BCUT2D eigenvalue weighted by molar-refractivity contribution is -0.228. The van der Waals surface area contributed by atoms with Gasteiger partial charge >= 0.3 is 18.0 Å². The van der Waals surface area contributed by atoms with E-state index in [2.05, 4.69) is 4.74 Å². The minimum Gasteiger partial charge on any atom is -0.491 e. The molecule has 0 aromatic heterocycles. The van der Waals surface area contributed by atoms with Gasteiger partial charge in [0.2, 0.25) is 0 Å². The first-order valence-corrected chi connectivity index (χ1v) is 11.1. The summed E-state index contributed by atoms with van der Waals surface area (Å²) < 4.78 is 129. The van der Waals surface area contributed by atoms with Crippen molar-refractivity contribution in [2.45, 2.75) is 44.6 Å². The highest BCUT2D eigenvalue weighted by Gasteiger charge is 2.66. The molecule has 2 nitrogen and oxygen atoms in total. The fourth-order valence-electron chi connectivity index (χ4n) is 4.22. The van der Waals surface area contributed by atoms with Crippen molar-refractivity contribution >= 4 is 0 Å². The molecule has 0 fully saturated rings. The van der Waals surface area contributed by atoms with Crippen LogP contribution in [0.4, 0.5) is 35.1 Å². The monoisotopic (exact) mass is 516 g/mol. The Bertz CT molecular complexity index is 1290. The van der Waals surface area contributed by atoms with E-state index in [1.54, 1.807) is 0 Å². The van der Waals surface area contributed by atoms with Crippen molar-refractivity contribution in [1.29, 1.82) is 0 Å². The van der Waals surface area contributed by atoms with Crippen molar-refractivity contribution in [2.75, 3.05) is 6.61 Å². The molecule has 3 aromatic carbocycles. The van der Waals surface area contributed by atoms with E-state index in [4.69, 9.17) is 4.74 Å². The molecule has 0 heterocycles.